The van der Waals surface area contributed by atoms with E-state index < -0.39 is 0 Å². The number of aromatic nitrogens is 1. The lowest BCUT2D eigenvalue weighted by atomic mass is 10.2. The van der Waals surface area contributed by atoms with Gasteiger partial charge < -0.3 is 29.5 Å². The smallest absolute Gasteiger partial charge is 0.191 e. The Morgan fingerprint density at radius 2 is 2.10 bits per heavy atom. The Balaban J connectivity index is 1.54. The number of benzene rings is 1. The molecule has 7 heteroatoms. The lowest BCUT2D eigenvalue weighted by molar-refractivity contribution is 0.398. The number of hydrogen-bond acceptors (Lipinski definition) is 4. The van der Waals surface area contributed by atoms with Crippen LogP contribution in [0.1, 0.15) is 17.9 Å². The Morgan fingerprint density at radius 1 is 1.20 bits per heavy atom. The van der Waals surface area contributed by atoms with E-state index in [4.69, 9.17) is 13.9 Å². The maximum Gasteiger partial charge on any atom is 0.191 e. The highest BCUT2D eigenvalue weighted by Crippen LogP contribution is 2.31. The van der Waals surface area contributed by atoms with Gasteiger partial charge in [-0.25, -0.2) is 0 Å². The first kappa shape index (κ1) is 21.4. The Kier molecular flexibility index (Phi) is 7.83. The van der Waals surface area contributed by atoms with Crippen molar-refractivity contribution in [2.45, 2.75) is 19.3 Å². The van der Waals surface area contributed by atoms with Gasteiger partial charge in [-0.1, -0.05) is 6.08 Å². The molecule has 7 nitrogen and oxygen atoms in total. The number of guanidine groups is 1. The number of fused-ring (bicyclic) bond motifs is 1. The van der Waals surface area contributed by atoms with Gasteiger partial charge in [0, 0.05) is 49.3 Å². The number of aryl methyl sites for hydroxylation is 1. The molecule has 3 N–H and O–H groups in total. The molecule has 3 aromatic rings. The SMILES string of the molecule is C=CCNC(=NCCCc1cc2c(OC)cc(OC)cc2[nH]1)NCCc1ccco1. The van der Waals surface area contributed by atoms with Crippen molar-refractivity contribution in [3.05, 3.63) is 60.7 Å². The predicted molar refractivity (Wildman–Crippen MR) is 121 cm³/mol. The Morgan fingerprint density at radius 3 is 2.83 bits per heavy atom. The van der Waals surface area contributed by atoms with Crippen LogP contribution < -0.4 is 20.1 Å². The van der Waals surface area contributed by atoms with Crippen LogP contribution in [0.15, 0.2) is 58.7 Å². The molecule has 0 fully saturated rings. The third kappa shape index (κ3) is 5.83. The molecule has 2 heterocycles. The lowest BCUT2D eigenvalue weighted by Crippen LogP contribution is -2.38. The molecule has 0 aliphatic rings. The minimum Gasteiger partial charge on any atom is -0.497 e. The molecule has 0 atom stereocenters. The summed E-state index contributed by atoms with van der Waals surface area (Å²) in [6.45, 7) is 5.88. The standard InChI is InChI=1S/C23H30N4O3/c1-4-10-24-23(26-12-9-18-8-6-13-30-18)25-11-5-7-17-14-20-21(27-17)15-19(28-2)16-22(20)29-3/h4,6,8,13-16,27H,1,5,7,9-12H2,2-3H3,(H2,24,25,26). The predicted octanol–water partition coefficient (Wildman–Crippen LogP) is 3.67. The quantitative estimate of drug-likeness (QED) is 0.194. The maximum absolute atomic E-state index is 5.49. The van der Waals surface area contributed by atoms with Crippen molar-refractivity contribution < 1.29 is 13.9 Å². The first-order valence-electron chi connectivity index (χ1n) is 10.1. The monoisotopic (exact) mass is 410 g/mol. The van der Waals surface area contributed by atoms with Crippen LogP contribution in [0, 0.1) is 0 Å². The van der Waals surface area contributed by atoms with Crippen LogP contribution in [0.4, 0.5) is 0 Å². The van der Waals surface area contributed by atoms with E-state index in [1.807, 2.05) is 30.3 Å². The number of hydrogen-bond donors (Lipinski definition) is 3. The van der Waals surface area contributed by atoms with Gasteiger partial charge in [0.2, 0.25) is 0 Å². The number of ether oxygens (including phenoxy) is 2. The van der Waals surface area contributed by atoms with Crippen LogP contribution in [0.5, 0.6) is 11.5 Å². The van der Waals surface area contributed by atoms with E-state index in [0.29, 0.717) is 13.1 Å². The van der Waals surface area contributed by atoms with Crippen LogP contribution in [0.25, 0.3) is 10.9 Å². The highest BCUT2D eigenvalue weighted by molar-refractivity contribution is 5.88. The first-order valence-corrected chi connectivity index (χ1v) is 10.1. The largest absolute Gasteiger partial charge is 0.497 e. The summed E-state index contributed by atoms with van der Waals surface area (Å²) in [5, 5.41) is 7.64. The van der Waals surface area contributed by atoms with Crippen molar-refractivity contribution in [3.63, 3.8) is 0 Å². The highest BCUT2D eigenvalue weighted by Gasteiger charge is 2.09. The second kappa shape index (κ2) is 11.0. The van der Waals surface area contributed by atoms with Crippen molar-refractivity contribution in [3.8, 4) is 11.5 Å². The second-order valence-electron chi connectivity index (χ2n) is 6.85. The van der Waals surface area contributed by atoms with Crippen molar-refractivity contribution in [2.75, 3.05) is 33.9 Å². The molecule has 0 aliphatic heterocycles. The molecule has 0 radical (unpaired) electrons. The molecule has 0 amide bonds. The molecule has 0 unspecified atom stereocenters. The molecule has 30 heavy (non-hydrogen) atoms. The third-order valence-corrected chi connectivity index (χ3v) is 4.72. The fourth-order valence-corrected chi connectivity index (χ4v) is 3.22. The van der Waals surface area contributed by atoms with Gasteiger partial charge in [0.1, 0.15) is 17.3 Å². The van der Waals surface area contributed by atoms with Gasteiger partial charge >= 0.3 is 0 Å². The van der Waals surface area contributed by atoms with Crippen LogP contribution in [-0.2, 0) is 12.8 Å². The van der Waals surface area contributed by atoms with Gasteiger partial charge in [-0.3, -0.25) is 4.99 Å². The summed E-state index contributed by atoms with van der Waals surface area (Å²) in [5.74, 6) is 3.32. The summed E-state index contributed by atoms with van der Waals surface area (Å²) in [4.78, 5) is 8.12. The average molecular weight is 411 g/mol. The van der Waals surface area contributed by atoms with E-state index in [2.05, 4.69) is 33.3 Å². The number of aliphatic imine (C=N–C) groups is 1. The van der Waals surface area contributed by atoms with E-state index in [1.54, 1.807) is 20.5 Å². The maximum atomic E-state index is 5.49. The minimum atomic E-state index is 0.663. The lowest BCUT2D eigenvalue weighted by Gasteiger charge is -2.10. The zero-order chi connectivity index (χ0) is 21.2. The summed E-state index contributed by atoms with van der Waals surface area (Å²) in [6, 6.07) is 9.89. The average Bonchev–Trinajstić information content (AvgIpc) is 3.43. The molecular weight excluding hydrogens is 380 g/mol. The summed E-state index contributed by atoms with van der Waals surface area (Å²) < 4.78 is 16.2. The topological polar surface area (TPSA) is 83.8 Å². The normalized spacial score (nSPS) is 11.5. The van der Waals surface area contributed by atoms with Crippen LogP contribution in [0.2, 0.25) is 0 Å². The van der Waals surface area contributed by atoms with Gasteiger partial charge in [0.25, 0.3) is 0 Å². The Labute approximate surface area is 177 Å². The highest BCUT2D eigenvalue weighted by atomic mass is 16.5. The molecule has 160 valence electrons. The number of H-pyrrole nitrogens is 1. The Bertz CT molecular complexity index is 960. The van der Waals surface area contributed by atoms with Crippen molar-refractivity contribution in [1.29, 1.82) is 0 Å². The number of nitrogens with one attached hydrogen (secondary N) is 3. The minimum absolute atomic E-state index is 0.663. The summed E-state index contributed by atoms with van der Waals surface area (Å²) in [7, 11) is 3.33. The third-order valence-electron chi connectivity index (χ3n) is 4.72. The van der Waals surface area contributed by atoms with E-state index in [9.17, 15) is 0 Å². The molecule has 0 saturated carbocycles. The number of nitrogens with zero attached hydrogens (tertiary/aromatic N) is 1. The van der Waals surface area contributed by atoms with Crippen molar-refractivity contribution >= 4 is 16.9 Å². The molecule has 2 aromatic heterocycles. The zero-order valence-corrected chi connectivity index (χ0v) is 17.7. The first-order chi connectivity index (χ1) is 14.7. The van der Waals surface area contributed by atoms with E-state index >= 15 is 0 Å². The molecule has 0 aliphatic carbocycles. The zero-order valence-electron chi connectivity index (χ0n) is 17.7. The van der Waals surface area contributed by atoms with Crippen LogP contribution in [-0.4, -0.2) is 44.8 Å². The summed E-state index contributed by atoms with van der Waals surface area (Å²) in [5.41, 5.74) is 2.16. The number of aromatic amines is 1. The van der Waals surface area contributed by atoms with Gasteiger partial charge in [-0.15, -0.1) is 6.58 Å². The van der Waals surface area contributed by atoms with Crippen LogP contribution >= 0.6 is 0 Å². The molecular formula is C23H30N4O3. The van der Waals surface area contributed by atoms with Crippen molar-refractivity contribution in [1.82, 2.24) is 15.6 Å². The summed E-state index contributed by atoms with van der Waals surface area (Å²) >= 11 is 0. The van der Waals surface area contributed by atoms with Crippen LogP contribution in [0.3, 0.4) is 0 Å². The second-order valence-corrected chi connectivity index (χ2v) is 6.85. The molecule has 3 rings (SSSR count). The Hall–Kier alpha value is -3.35. The van der Waals surface area contributed by atoms with Gasteiger partial charge in [0.05, 0.1) is 26.0 Å². The fourth-order valence-electron chi connectivity index (χ4n) is 3.22. The van der Waals surface area contributed by atoms with E-state index in [0.717, 1.165) is 65.6 Å². The van der Waals surface area contributed by atoms with Crippen molar-refractivity contribution in [2.24, 2.45) is 4.99 Å². The van der Waals surface area contributed by atoms with Gasteiger partial charge in [-0.2, -0.15) is 0 Å². The number of rotatable bonds is 11. The van der Waals surface area contributed by atoms with Gasteiger partial charge in [0.15, 0.2) is 5.96 Å². The summed E-state index contributed by atoms with van der Waals surface area (Å²) in [6.07, 6.45) is 6.13. The molecule has 0 bridgehead atoms. The molecule has 0 spiro atoms. The number of furan rings is 1. The molecule has 0 saturated heterocycles. The van der Waals surface area contributed by atoms with E-state index in [1.165, 1.54) is 0 Å². The van der Waals surface area contributed by atoms with Gasteiger partial charge in [-0.05, 0) is 31.0 Å². The number of methoxy groups -OCH3 is 2. The fraction of sp³-hybridized carbons (Fsp3) is 0.348. The van der Waals surface area contributed by atoms with E-state index in [-0.39, 0.29) is 0 Å². The molecule has 1 aromatic carbocycles.